The van der Waals surface area contributed by atoms with E-state index >= 15 is 0 Å². The number of esters is 1. The lowest BCUT2D eigenvalue weighted by Crippen LogP contribution is -1.97. The summed E-state index contributed by atoms with van der Waals surface area (Å²) < 4.78 is 9.29. The first-order valence-electron chi connectivity index (χ1n) is 4.67. The van der Waals surface area contributed by atoms with Crippen molar-refractivity contribution in [3.05, 3.63) is 40.0 Å². The molecule has 1 aromatic rings. The van der Waals surface area contributed by atoms with E-state index in [0.29, 0.717) is 0 Å². The highest BCUT2D eigenvalue weighted by Crippen LogP contribution is 2.31. The summed E-state index contributed by atoms with van der Waals surface area (Å²) in [5, 5.41) is 10.9. The summed E-state index contributed by atoms with van der Waals surface area (Å²) in [6, 6.07) is 4.59. The predicted octanol–water partition coefficient (Wildman–Crippen LogP) is 1.79. The van der Waals surface area contributed by atoms with E-state index in [1.165, 1.54) is 32.4 Å². The normalized spacial score (nSPS) is 10.2. The second-order valence-corrected chi connectivity index (χ2v) is 3.01. The number of nitro groups is 1. The molecule has 90 valence electrons. The third kappa shape index (κ3) is 3.04. The summed E-state index contributed by atoms with van der Waals surface area (Å²) >= 11 is 0. The Bertz CT molecular complexity index is 467. The first-order chi connectivity index (χ1) is 8.10. The molecule has 6 nitrogen and oxygen atoms in total. The van der Waals surface area contributed by atoms with E-state index in [-0.39, 0.29) is 17.0 Å². The molecule has 0 aliphatic carbocycles. The Labute approximate surface area is 97.6 Å². The maximum absolute atomic E-state index is 10.9. The highest BCUT2D eigenvalue weighted by atomic mass is 16.6. The molecule has 0 amide bonds. The molecule has 1 rings (SSSR count). The molecule has 0 spiro atoms. The minimum atomic E-state index is -0.581. The Hall–Kier alpha value is -2.37. The van der Waals surface area contributed by atoms with Gasteiger partial charge in [-0.05, 0) is 18.2 Å². The summed E-state index contributed by atoms with van der Waals surface area (Å²) in [5.41, 5.74) is 0.0925. The molecule has 0 N–H and O–H groups in total. The molecule has 0 bridgehead atoms. The van der Waals surface area contributed by atoms with Crippen LogP contribution in [0.2, 0.25) is 0 Å². The minimum absolute atomic E-state index is 0.141. The molecule has 0 radical (unpaired) electrons. The maximum Gasteiger partial charge on any atom is 0.330 e. The number of ether oxygens (including phenoxy) is 2. The van der Waals surface area contributed by atoms with Gasteiger partial charge in [0.1, 0.15) is 0 Å². The zero-order valence-electron chi connectivity index (χ0n) is 9.38. The van der Waals surface area contributed by atoms with Crippen molar-refractivity contribution >= 4 is 17.7 Å². The van der Waals surface area contributed by atoms with Crippen LogP contribution < -0.4 is 4.74 Å². The van der Waals surface area contributed by atoms with Crippen molar-refractivity contribution in [3.63, 3.8) is 0 Å². The quantitative estimate of drug-likeness (QED) is 0.345. The van der Waals surface area contributed by atoms with Gasteiger partial charge in [0.2, 0.25) is 0 Å². The summed E-state index contributed by atoms with van der Waals surface area (Å²) in [6.07, 6.45) is 2.42. The lowest BCUT2D eigenvalue weighted by atomic mass is 10.1. The highest BCUT2D eigenvalue weighted by molar-refractivity contribution is 5.88. The molecule has 6 heteroatoms. The number of carbonyl (C=O) groups excluding carboxylic acids is 1. The average Bonchev–Trinajstić information content (AvgIpc) is 2.34. The molecule has 1 aromatic carbocycles. The SMILES string of the molecule is COC(=O)C=Cc1cccc(OC)c1[N+](=O)[O-]. The van der Waals surface area contributed by atoms with Crippen LogP contribution in [0.15, 0.2) is 24.3 Å². The number of methoxy groups -OCH3 is 2. The molecule has 0 saturated heterocycles. The van der Waals surface area contributed by atoms with Crippen LogP contribution in [0.1, 0.15) is 5.56 Å². The largest absolute Gasteiger partial charge is 0.490 e. The lowest BCUT2D eigenvalue weighted by Gasteiger charge is -2.03. The van der Waals surface area contributed by atoms with Gasteiger partial charge in [0.15, 0.2) is 5.75 Å². The van der Waals surface area contributed by atoms with Gasteiger partial charge < -0.3 is 9.47 Å². The monoisotopic (exact) mass is 237 g/mol. The van der Waals surface area contributed by atoms with Crippen molar-refractivity contribution in [2.45, 2.75) is 0 Å². The fourth-order valence-corrected chi connectivity index (χ4v) is 1.26. The van der Waals surface area contributed by atoms with E-state index in [2.05, 4.69) is 4.74 Å². The molecule has 0 aliphatic rings. The standard InChI is InChI=1S/C11H11NO5/c1-16-9-5-3-4-8(11(9)12(14)15)6-7-10(13)17-2/h3-7H,1-2H3. The fraction of sp³-hybridized carbons (Fsp3) is 0.182. The van der Waals surface area contributed by atoms with Crippen molar-refractivity contribution < 1.29 is 19.2 Å². The molecule has 0 unspecified atom stereocenters. The molecular formula is C11H11NO5. The zero-order valence-corrected chi connectivity index (χ0v) is 9.38. The first kappa shape index (κ1) is 12.7. The van der Waals surface area contributed by atoms with Gasteiger partial charge in [0.05, 0.1) is 24.7 Å². The van der Waals surface area contributed by atoms with Crippen molar-refractivity contribution in [2.75, 3.05) is 14.2 Å². The molecule has 0 fully saturated rings. The number of hydrogen-bond donors (Lipinski definition) is 0. The third-order valence-corrected chi connectivity index (χ3v) is 2.03. The topological polar surface area (TPSA) is 78.7 Å². The van der Waals surface area contributed by atoms with Gasteiger partial charge in [-0.2, -0.15) is 0 Å². The van der Waals surface area contributed by atoms with Gasteiger partial charge >= 0.3 is 11.7 Å². The van der Waals surface area contributed by atoms with Crippen LogP contribution in [-0.2, 0) is 9.53 Å². The predicted molar refractivity (Wildman–Crippen MR) is 60.7 cm³/mol. The van der Waals surface area contributed by atoms with Crippen molar-refractivity contribution in [3.8, 4) is 5.75 Å². The summed E-state index contributed by atoms with van der Waals surface area (Å²) in [5.74, 6) is -0.441. The first-order valence-corrected chi connectivity index (χ1v) is 4.67. The van der Waals surface area contributed by atoms with E-state index in [4.69, 9.17) is 4.74 Å². The summed E-state index contributed by atoms with van der Waals surface area (Å²) in [4.78, 5) is 21.2. The zero-order chi connectivity index (χ0) is 12.8. The van der Waals surface area contributed by atoms with Gasteiger partial charge in [-0.1, -0.05) is 6.07 Å². The number of para-hydroxylation sites is 1. The van der Waals surface area contributed by atoms with E-state index in [0.717, 1.165) is 6.08 Å². The highest BCUT2D eigenvalue weighted by Gasteiger charge is 2.18. The number of rotatable bonds is 4. The van der Waals surface area contributed by atoms with Gasteiger partial charge in [0.25, 0.3) is 0 Å². The van der Waals surface area contributed by atoms with Crippen molar-refractivity contribution in [1.82, 2.24) is 0 Å². The molecule has 0 heterocycles. The van der Waals surface area contributed by atoms with Crippen molar-refractivity contribution in [2.24, 2.45) is 0 Å². The van der Waals surface area contributed by atoms with Crippen LogP contribution in [0.5, 0.6) is 5.75 Å². The van der Waals surface area contributed by atoms with Gasteiger partial charge in [0, 0.05) is 6.08 Å². The Morgan fingerprint density at radius 3 is 2.65 bits per heavy atom. The fourth-order valence-electron chi connectivity index (χ4n) is 1.26. The van der Waals surface area contributed by atoms with Crippen LogP contribution in [0.4, 0.5) is 5.69 Å². The minimum Gasteiger partial charge on any atom is -0.490 e. The molecule has 0 aromatic heterocycles. The molecule has 17 heavy (non-hydrogen) atoms. The van der Waals surface area contributed by atoms with Gasteiger partial charge in [-0.3, -0.25) is 10.1 Å². The maximum atomic E-state index is 10.9. The average molecular weight is 237 g/mol. The van der Waals surface area contributed by atoms with Crippen LogP contribution in [0.25, 0.3) is 6.08 Å². The second-order valence-electron chi connectivity index (χ2n) is 3.01. The molecule has 0 aliphatic heterocycles. The van der Waals surface area contributed by atoms with Crippen LogP contribution in [-0.4, -0.2) is 25.1 Å². The molecular weight excluding hydrogens is 226 g/mol. The molecule has 0 atom stereocenters. The summed E-state index contributed by atoms with van der Waals surface area (Å²) in [6.45, 7) is 0. The number of benzene rings is 1. The third-order valence-electron chi connectivity index (χ3n) is 2.03. The van der Waals surface area contributed by atoms with E-state index in [1.54, 1.807) is 6.07 Å². The van der Waals surface area contributed by atoms with Gasteiger partial charge in [-0.25, -0.2) is 4.79 Å². The number of hydrogen-bond acceptors (Lipinski definition) is 5. The Balaban J connectivity index is 3.19. The molecule has 0 saturated carbocycles. The van der Waals surface area contributed by atoms with E-state index in [9.17, 15) is 14.9 Å². The number of nitro benzene ring substituents is 1. The van der Waals surface area contributed by atoms with Crippen LogP contribution in [0.3, 0.4) is 0 Å². The Morgan fingerprint density at radius 2 is 2.12 bits per heavy atom. The van der Waals surface area contributed by atoms with Gasteiger partial charge in [-0.15, -0.1) is 0 Å². The van der Waals surface area contributed by atoms with E-state index < -0.39 is 10.9 Å². The second kappa shape index (κ2) is 5.64. The number of carbonyl (C=O) groups is 1. The van der Waals surface area contributed by atoms with E-state index in [1.807, 2.05) is 0 Å². The number of nitrogens with zero attached hydrogens (tertiary/aromatic N) is 1. The Morgan fingerprint density at radius 1 is 1.41 bits per heavy atom. The lowest BCUT2D eigenvalue weighted by molar-refractivity contribution is -0.386. The smallest absolute Gasteiger partial charge is 0.330 e. The van der Waals surface area contributed by atoms with Crippen LogP contribution in [0, 0.1) is 10.1 Å². The Kier molecular flexibility index (Phi) is 4.21. The summed E-state index contributed by atoms with van der Waals surface area (Å²) in [7, 11) is 2.57. The van der Waals surface area contributed by atoms with Crippen LogP contribution >= 0.6 is 0 Å². The van der Waals surface area contributed by atoms with Crippen molar-refractivity contribution in [1.29, 1.82) is 0 Å².